The van der Waals surface area contributed by atoms with Crippen molar-refractivity contribution in [2.45, 2.75) is 46.1 Å². The van der Waals surface area contributed by atoms with Gasteiger partial charge in [0.1, 0.15) is 9.71 Å². The maximum atomic E-state index is 12.3. The lowest BCUT2D eigenvalue weighted by Crippen LogP contribution is -2.32. The predicted molar refractivity (Wildman–Crippen MR) is 84.2 cm³/mol. The lowest BCUT2D eigenvalue weighted by atomic mass is 10.1. The molecule has 0 bridgehead atoms. The molecule has 0 saturated carbocycles. The van der Waals surface area contributed by atoms with E-state index in [0.717, 1.165) is 35.2 Å². The van der Waals surface area contributed by atoms with E-state index in [0.29, 0.717) is 10.6 Å². The number of aryl methyl sites for hydroxylation is 2. The monoisotopic (exact) mass is 294 g/mol. The molecule has 2 aromatic heterocycles. The molecule has 1 amide bonds. The Hall–Kier alpha value is -1.56. The number of carbonyl (C=O) groups excluding carboxylic acids is 1. The highest BCUT2D eigenvalue weighted by Gasteiger charge is 2.21. The van der Waals surface area contributed by atoms with Crippen molar-refractivity contribution in [2.24, 2.45) is 7.05 Å². The highest BCUT2D eigenvalue weighted by Crippen LogP contribution is 2.35. The van der Waals surface area contributed by atoms with Crippen LogP contribution in [0.15, 0.2) is 0 Å². The summed E-state index contributed by atoms with van der Waals surface area (Å²) in [5, 5.41) is 8.26. The average Bonchev–Trinajstić information content (AvgIpc) is 2.87. The van der Waals surface area contributed by atoms with E-state index in [1.54, 1.807) is 4.68 Å². The Bertz CT molecular complexity index is 629. The van der Waals surface area contributed by atoms with Crippen molar-refractivity contribution in [1.82, 2.24) is 15.1 Å². The van der Waals surface area contributed by atoms with Gasteiger partial charge in [-0.25, -0.2) is 0 Å². The lowest BCUT2D eigenvalue weighted by Gasteiger charge is -2.12. The summed E-state index contributed by atoms with van der Waals surface area (Å²) in [6.07, 6.45) is 3.25. The number of anilines is 1. The molecule has 2 heterocycles. The maximum Gasteiger partial charge on any atom is 0.263 e. The maximum absolute atomic E-state index is 12.3. The molecule has 0 aliphatic carbocycles. The standard InChI is InChI=1S/C14H22N4OS/c1-5-6-7-8(2)16-13(19)12-11(15)10-9(3)17-18(4)14(10)20-12/h8H,5-7,15H2,1-4H3,(H,16,19). The molecule has 0 fully saturated rings. The summed E-state index contributed by atoms with van der Waals surface area (Å²) in [6, 6.07) is 0.172. The average molecular weight is 294 g/mol. The number of carbonyl (C=O) groups is 1. The number of nitrogens with one attached hydrogen (secondary N) is 1. The second-order valence-corrected chi connectivity index (χ2v) is 6.25. The van der Waals surface area contributed by atoms with Crippen molar-refractivity contribution in [2.75, 3.05) is 5.73 Å². The number of fused-ring (bicyclic) bond motifs is 1. The molecule has 6 heteroatoms. The number of nitrogen functional groups attached to an aromatic ring is 1. The molecule has 0 aromatic carbocycles. The molecule has 0 spiro atoms. The number of hydrogen-bond acceptors (Lipinski definition) is 4. The number of nitrogens with zero attached hydrogens (tertiary/aromatic N) is 2. The molecule has 2 aromatic rings. The SMILES string of the molecule is CCCCC(C)NC(=O)c1sc2c(c(C)nn2C)c1N. The first-order chi connectivity index (χ1) is 9.45. The molecule has 20 heavy (non-hydrogen) atoms. The third kappa shape index (κ3) is 2.65. The number of unbranched alkanes of at least 4 members (excludes halogenated alkanes) is 1. The van der Waals surface area contributed by atoms with Gasteiger partial charge in [-0.1, -0.05) is 19.8 Å². The third-order valence-electron chi connectivity index (χ3n) is 3.46. The predicted octanol–water partition coefficient (Wildman–Crippen LogP) is 2.83. The second kappa shape index (κ2) is 5.83. The van der Waals surface area contributed by atoms with Gasteiger partial charge in [0.25, 0.3) is 5.91 Å². The molecule has 3 N–H and O–H groups in total. The van der Waals surface area contributed by atoms with Gasteiger partial charge in [0.15, 0.2) is 0 Å². The summed E-state index contributed by atoms with van der Waals surface area (Å²) in [7, 11) is 1.87. The molecule has 0 radical (unpaired) electrons. The fourth-order valence-electron chi connectivity index (χ4n) is 2.37. The van der Waals surface area contributed by atoms with Gasteiger partial charge in [-0.15, -0.1) is 11.3 Å². The minimum absolute atomic E-state index is 0.0771. The second-order valence-electron chi connectivity index (χ2n) is 5.25. The Morgan fingerprint density at radius 3 is 2.85 bits per heavy atom. The van der Waals surface area contributed by atoms with Crippen molar-refractivity contribution < 1.29 is 4.79 Å². The van der Waals surface area contributed by atoms with Crippen molar-refractivity contribution in [3.8, 4) is 0 Å². The van der Waals surface area contributed by atoms with E-state index < -0.39 is 0 Å². The Morgan fingerprint density at radius 2 is 2.25 bits per heavy atom. The molecule has 1 atom stereocenters. The number of amides is 1. The molecule has 5 nitrogen and oxygen atoms in total. The van der Waals surface area contributed by atoms with Gasteiger partial charge in [0.05, 0.1) is 16.8 Å². The first-order valence-corrected chi connectivity index (χ1v) is 7.79. The van der Waals surface area contributed by atoms with Crippen LogP contribution in [0.5, 0.6) is 0 Å². The van der Waals surface area contributed by atoms with E-state index in [1.165, 1.54) is 11.3 Å². The molecule has 0 aliphatic heterocycles. The minimum atomic E-state index is -0.0771. The Morgan fingerprint density at radius 1 is 1.55 bits per heavy atom. The largest absolute Gasteiger partial charge is 0.397 e. The van der Waals surface area contributed by atoms with E-state index in [9.17, 15) is 4.79 Å². The van der Waals surface area contributed by atoms with Crippen LogP contribution in [-0.4, -0.2) is 21.7 Å². The highest BCUT2D eigenvalue weighted by molar-refractivity contribution is 7.21. The molecule has 110 valence electrons. The van der Waals surface area contributed by atoms with E-state index in [1.807, 2.05) is 20.9 Å². The van der Waals surface area contributed by atoms with Crippen molar-refractivity contribution in [3.05, 3.63) is 10.6 Å². The normalized spacial score (nSPS) is 12.8. The van der Waals surface area contributed by atoms with Gasteiger partial charge in [-0.3, -0.25) is 9.48 Å². The Kier molecular flexibility index (Phi) is 4.32. The zero-order valence-electron chi connectivity index (χ0n) is 12.5. The van der Waals surface area contributed by atoms with Gasteiger partial charge in [-0.05, 0) is 20.3 Å². The molecule has 0 saturated heterocycles. The molecule has 1 unspecified atom stereocenters. The number of rotatable bonds is 5. The van der Waals surface area contributed by atoms with Crippen molar-refractivity contribution >= 4 is 33.1 Å². The summed E-state index contributed by atoms with van der Waals surface area (Å²) in [4.78, 5) is 13.9. The fraction of sp³-hybridized carbons (Fsp3) is 0.571. The van der Waals surface area contributed by atoms with Gasteiger partial charge in [0, 0.05) is 13.1 Å². The van der Waals surface area contributed by atoms with Gasteiger partial charge in [0.2, 0.25) is 0 Å². The van der Waals surface area contributed by atoms with Gasteiger partial charge >= 0.3 is 0 Å². The van der Waals surface area contributed by atoms with Gasteiger partial charge in [-0.2, -0.15) is 5.10 Å². The molecular formula is C14H22N4OS. The van der Waals surface area contributed by atoms with Crippen LogP contribution < -0.4 is 11.1 Å². The summed E-state index contributed by atoms with van der Waals surface area (Å²) in [6.45, 7) is 6.09. The minimum Gasteiger partial charge on any atom is -0.397 e. The molecule has 0 aliphatic rings. The fourth-order valence-corrected chi connectivity index (χ4v) is 3.46. The summed E-state index contributed by atoms with van der Waals surface area (Å²) >= 11 is 1.41. The van der Waals surface area contributed by atoms with E-state index >= 15 is 0 Å². The third-order valence-corrected chi connectivity index (χ3v) is 4.73. The van der Waals surface area contributed by atoms with Crippen molar-refractivity contribution in [1.29, 1.82) is 0 Å². The number of hydrogen-bond donors (Lipinski definition) is 2. The van der Waals surface area contributed by atoms with Crippen LogP contribution in [-0.2, 0) is 7.05 Å². The summed E-state index contributed by atoms with van der Waals surface area (Å²) in [5.41, 5.74) is 7.55. The molecular weight excluding hydrogens is 272 g/mol. The summed E-state index contributed by atoms with van der Waals surface area (Å²) in [5.74, 6) is -0.0771. The summed E-state index contributed by atoms with van der Waals surface area (Å²) < 4.78 is 1.78. The Labute approximate surface area is 123 Å². The van der Waals surface area contributed by atoms with E-state index in [4.69, 9.17) is 5.73 Å². The van der Waals surface area contributed by atoms with E-state index in [2.05, 4.69) is 17.3 Å². The zero-order chi connectivity index (χ0) is 14.9. The van der Waals surface area contributed by atoms with Crippen LogP contribution in [0.1, 0.15) is 48.5 Å². The number of aromatic nitrogens is 2. The first kappa shape index (κ1) is 14.8. The first-order valence-electron chi connectivity index (χ1n) is 6.98. The number of thiophene rings is 1. The van der Waals surface area contributed by atoms with Crippen LogP contribution in [0.25, 0.3) is 10.2 Å². The number of nitrogens with two attached hydrogens (primary N) is 1. The van der Waals surface area contributed by atoms with Gasteiger partial charge < -0.3 is 11.1 Å². The quantitative estimate of drug-likeness (QED) is 0.890. The Balaban J connectivity index is 2.22. The van der Waals surface area contributed by atoms with Crippen LogP contribution in [0, 0.1) is 6.92 Å². The van der Waals surface area contributed by atoms with Crippen LogP contribution in [0.4, 0.5) is 5.69 Å². The topological polar surface area (TPSA) is 72.9 Å². The van der Waals surface area contributed by atoms with Crippen LogP contribution >= 0.6 is 11.3 Å². The smallest absolute Gasteiger partial charge is 0.263 e. The van der Waals surface area contributed by atoms with E-state index in [-0.39, 0.29) is 11.9 Å². The molecule has 2 rings (SSSR count). The van der Waals surface area contributed by atoms with Crippen LogP contribution in [0.3, 0.4) is 0 Å². The highest BCUT2D eigenvalue weighted by atomic mass is 32.1. The van der Waals surface area contributed by atoms with Crippen LogP contribution in [0.2, 0.25) is 0 Å². The zero-order valence-corrected chi connectivity index (χ0v) is 13.3. The van der Waals surface area contributed by atoms with Crippen molar-refractivity contribution in [3.63, 3.8) is 0 Å². The lowest BCUT2D eigenvalue weighted by molar-refractivity contribution is 0.0943.